The van der Waals surface area contributed by atoms with Crippen LogP contribution in [-0.4, -0.2) is 29.2 Å². The van der Waals surface area contributed by atoms with Crippen molar-refractivity contribution in [2.24, 2.45) is 0 Å². The molecule has 0 atom stereocenters. The number of hydrogen-bond donors (Lipinski definition) is 1. The Hall–Kier alpha value is -0.400. The molecule has 72 valence electrons. The summed E-state index contributed by atoms with van der Waals surface area (Å²) in [5.41, 5.74) is -0.858. The maximum absolute atomic E-state index is 10.00. The van der Waals surface area contributed by atoms with Crippen molar-refractivity contribution in [1.82, 2.24) is 5.39 Å². The molecule has 0 aromatic carbocycles. The minimum Gasteiger partial charge on any atom is -0.738 e. The Morgan fingerprint density at radius 2 is 2.08 bits per heavy atom. The maximum Gasteiger partial charge on any atom is 0.403 e. The lowest BCUT2D eigenvalue weighted by molar-refractivity contribution is -0.305. The van der Waals surface area contributed by atoms with Gasteiger partial charge in [-0.05, 0) is 12.8 Å². The third kappa shape index (κ3) is 9.60. The Morgan fingerprint density at radius 3 is 2.58 bits per heavy atom. The zero-order valence-corrected chi connectivity index (χ0v) is 6.99. The molecule has 0 radical (unpaired) electrons. The van der Waals surface area contributed by atoms with Gasteiger partial charge in [-0.25, -0.2) is 4.79 Å². The van der Waals surface area contributed by atoms with Crippen LogP contribution >= 0.6 is 11.6 Å². The highest BCUT2D eigenvalue weighted by atomic mass is 35.5. The number of hydrogen-bond acceptors (Lipinski definition) is 6. The van der Waals surface area contributed by atoms with Gasteiger partial charge in [-0.3, -0.25) is 4.84 Å². The van der Waals surface area contributed by atoms with Crippen molar-refractivity contribution in [3.05, 3.63) is 5.21 Å². The number of nitrogens with zero attached hydrogens (tertiary/aromatic N) is 1. The van der Waals surface area contributed by atoms with Crippen LogP contribution in [0.5, 0.6) is 0 Å². The van der Waals surface area contributed by atoms with E-state index in [0.717, 1.165) is 0 Å². The fourth-order valence-electron chi connectivity index (χ4n) is 0.499. The zero-order valence-electron chi connectivity index (χ0n) is 6.23. The van der Waals surface area contributed by atoms with Crippen molar-refractivity contribution in [2.75, 3.05) is 13.2 Å². The number of carbonyl (C=O) groups is 1. The molecule has 0 fully saturated rings. The van der Waals surface area contributed by atoms with Gasteiger partial charge in [-0.15, -0.1) is 5.39 Å². The van der Waals surface area contributed by atoms with E-state index in [1.807, 2.05) is 0 Å². The van der Waals surface area contributed by atoms with Gasteiger partial charge < -0.3 is 15.2 Å². The number of halogens is 1. The number of carbonyl (C=O) groups excluding carboxylic acids is 1. The highest BCUT2D eigenvalue weighted by Crippen LogP contribution is 1.94. The zero-order chi connectivity index (χ0) is 9.40. The Bertz CT molecular complexity index is 131. The smallest absolute Gasteiger partial charge is 0.403 e. The SMILES string of the molecule is O=C(Cl)OCCCCON([O-])O. The van der Waals surface area contributed by atoms with Crippen LogP contribution in [0, 0.1) is 5.21 Å². The first-order chi connectivity index (χ1) is 5.63. The summed E-state index contributed by atoms with van der Waals surface area (Å²) >= 11 is 4.85. The molecule has 0 saturated carbocycles. The molecule has 0 aromatic rings. The summed E-state index contributed by atoms with van der Waals surface area (Å²) < 4.78 is 4.37. The fourth-order valence-corrected chi connectivity index (χ4v) is 0.576. The van der Waals surface area contributed by atoms with Gasteiger partial charge in [0.15, 0.2) is 0 Å². The van der Waals surface area contributed by atoms with Crippen molar-refractivity contribution in [3.8, 4) is 0 Å². The van der Waals surface area contributed by atoms with Crippen molar-refractivity contribution >= 4 is 17.0 Å². The molecule has 7 heteroatoms. The van der Waals surface area contributed by atoms with Crippen LogP contribution < -0.4 is 0 Å². The van der Waals surface area contributed by atoms with Crippen molar-refractivity contribution in [3.63, 3.8) is 0 Å². The summed E-state index contributed by atoms with van der Waals surface area (Å²) in [4.78, 5) is 14.1. The van der Waals surface area contributed by atoms with E-state index in [2.05, 4.69) is 9.57 Å². The van der Waals surface area contributed by atoms with Gasteiger partial charge in [-0.2, -0.15) is 0 Å². The highest BCUT2D eigenvalue weighted by molar-refractivity contribution is 6.61. The van der Waals surface area contributed by atoms with Crippen molar-refractivity contribution < 1.29 is 19.6 Å². The average molecular weight is 199 g/mol. The topological polar surface area (TPSA) is 82.1 Å². The molecule has 0 aliphatic carbocycles. The predicted molar refractivity (Wildman–Crippen MR) is 39.4 cm³/mol. The molecule has 0 amide bonds. The lowest BCUT2D eigenvalue weighted by atomic mass is 10.3. The van der Waals surface area contributed by atoms with Crippen LogP contribution in [0.1, 0.15) is 12.8 Å². The monoisotopic (exact) mass is 198 g/mol. The molecule has 1 N–H and O–H groups in total. The van der Waals surface area contributed by atoms with Gasteiger partial charge in [-0.1, -0.05) is 0 Å². The van der Waals surface area contributed by atoms with E-state index in [0.29, 0.717) is 12.8 Å². The van der Waals surface area contributed by atoms with E-state index in [4.69, 9.17) is 16.8 Å². The second kappa shape index (κ2) is 7.26. The minimum atomic E-state index is -0.858. The fraction of sp³-hybridized carbons (Fsp3) is 0.800. The van der Waals surface area contributed by atoms with Crippen LogP contribution in [0.15, 0.2) is 0 Å². The van der Waals surface area contributed by atoms with E-state index in [-0.39, 0.29) is 13.2 Å². The maximum atomic E-state index is 10.00. The third-order valence-corrected chi connectivity index (χ3v) is 1.07. The Balaban J connectivity index is 2.96. The molecule has 0 rings (SSSR count). The number of rotatable bonds is 6. The first kappa shape index (κ1) is 11.6. The van der Waals surface area contributed by atoms with Crippen LogP contribution in [-0.2, 0) is 9.57 Å². The molecule has 0 unspecified atom stereocenters. The Morgan fingerprint density at radius 1 is 1.50 bits per heavy atom. The molecule has 0 aromatic heterocycles. The summed E-state index contributed by atoms with van der Waals surface area (Å²) in [6.45, 7) is 0.246. The van der Waals surface area contributed by atoms with E-state index < -0.39 is 10.8 Å². The summed E-state index contributed by atoms with van der Waals surface area (Å²) in [6.07, 6.45) is 1.01. The first-order valence-electron chi connectivity index (χ1n) is 3.24. The molecule has 0 spiro atoms. The normalized spacial score (nSPS) is 10.3. The highest BCUT2D eigenvalue weighted by Gasteiger charge is 1.94. The predicted octanol–water partition coefficient (Wildman–Crippen LogP) is 1.26. The average Bonchev–Trinajstić information content (AvgIpc) is 1.95. The standard InChI is InChI=1S/C5H9ClNO5/c6-5(8)11-3-1-2-4-12-7(9)10/h9H,1-4H2/q-1. The largest absolute Gasteiger partial charge is 0.738 e. The van der Waals surface area contributed by atoms with Crippen LogP contribution in [0.3, 0.4) is 0 Å². The lowest BCUT2D eigenvalue weighted by Gasteiger charge is -2.17. The minimum absolute atomic E-state index is 0.0693. The van der Waals surface area contributed by atoms with Crippen molar-refractivity contribution in [2.45, 2.75) is 12.8 Å². The lowest BCUT2D eigenvalue weighted by Crippen LogP contribution is -2.12. The molecule has 0 bridgehead atoms. The van der Waals surface area contributed by atoms with Gasteiger partial charge >= 0.3 is 5.43 Å². The summed E-state index contributed by atoms with van der Waals surface area (Å²) in [6, 6.07) is 0. The number of ether oxygens (including phenoxy) is 1. The van der Waals surface area contributed by atoms with Gasteiger partial charge in [0, 0.05) is 11.6 Å². The van der Waals surface area contributed by atoms with Crippen LogP contribution in [0.2, 0.25) is 0 Å². The van der Waals surface area contributed by atoms with Crippen LogP contribution in [0.25, 0.3) is 0 Å². The molecule has 0 aliphatic rings. The molecular weight excluding hydrogens is 190 g/mol. The first-order valence-corrected chi connectivity index (χ1v) is 3.62. The molecule has 6 nitrogen and oxygen atoms in total. The second-order valence-electron chi connectivity index (χ2n) is 1.86. The van der Waals surface area contributed by atoms with Gasteiger partial charge in [0.2, 0.25) is 0 Å². The van der Waals surface area contributed by atoms with Crippen LogP contribution in [0.4, 0.5) is 4.79 Å². The van der Waals surface area contributed by atoms with E-state index in [1.54, 1.807) is 0 Å². The van der Waals surface area contributed by atoms with Gasteiger partial charge in [0.1, 0.15) is 0 Å². The van der Waals surface area contributed by atoms with E-state index in [9.17, 15) is 10.0 Å². The summed E-state index contributed by atoms with van der Waals surface area (Å²) in [7, 11) is 0. The molecular formula is C5H9ClNO5-. The molecule has 0 saturated heterocycles. The second-order valence-corrected chi connectivity index (χ2v) is 2.17. The Labute approximate surface area is 74.1 Å². The quantitative estimate of drug-likeness (QED) is 0.393. The van der Waals surface area contributed by atoms with E-state index in [1.165, 1.54) is 0 Å². The number of unbranched alkanes of at least 4 members (excludes halogenated alkanes) is 1. The molecule has 0 aliphatic heterocycles. The summed E-state index contributed by atoms with van der Waals surface area (Å²) in [5.74, 6) is 0. The molecule has 0 heterocycles. The van der Waals surface area contributed by atoms with E-state index >= 15 is 0 Å². The van der Waals surface area contributed by atoms with Gasteiger partial charge in [0.25, 0.3) is 0 Å². The molecule has 12 heavy (non-hydrogen) atoms. The summed E-state index contributed by atoms with van der Waals surface area (Å²) in [5, 5.41) is 17.1. The third-order valence-electron chi connectivity index (χ3n) is 0.956. The Kier molecular flexibility index (Phi) is 7.02. The van der Waals surface area contributed by atoms with Gasteiger partial charge in [0.05, 0.1) is 13.2 Å². The van der Waals surface area contributed by atoms with Crippen molar-refractivity contribution in [1.29, 1.82) is 0 Å².